The normalized spacial score (nSPS) is 12.6. The molecule has 0 N–H and O–H groups in total. The molecule has 0 fully saturated rings. The molecule has 0 aromatic rings. The average molecular weight is 720 g/mol. The molecule has 45 heavy (non-hydrogen) atoms. The molecule has 0 unspecified atom stereocenters. The minimum Gasteiger partial charge on any atom is -0.875 e. The Kier molecular flexibility index (Phi) is 26.7. The van der Waals surface area contributed by atoms with Crippen LogP contribution in [0.15, 0.2) is 47.3 Å². The molecule has 0 aliphatic carbocycles. The quantitative estimate of drug-likeness (QED) is 0.178. The van der Waals surface area contributed by atoms with Gasteiger partial charge in [0, 0.05) is 24.3 Å². The third-order valence-electron chi connectivity index (χ3n) is 2.91. The average Bonchev–Trinajstić information content (AvgIpc) is 2.60. The number of allylic oxidation sites excluding steroid dienone is 4. The molecule has 0 aliphatic heterocycles. The fourth-order valence-electron chi connectivity index (χ4n) is 1.99. The van der Waals surface area contributed by atoms with Crippen LogP contribution >= 0.6 is 0 Å². The number of hydrogen-bond donors (Lipinski definition) is 0. The fourth-order valence-corrected chi connectivity index (χ4v) is 1.99. The molecule has 0 aromatic carbocycles. The Labute approximate surface area is 288 Å². The molecule has 0 bridgehead atoms. The summed E-state index contributed by atoms with van der Waals surface area (Å²) in [6.45, 7) is 26.2. The van der Waals surface area contributed by atoms with Crippen LogP contribution < -0.4 is 20.4 Å². The molecule has 12 nitrogen and oxygen atoms in total. The molecule has 0 radical (unpaired) electrons. The van der Waals surface area contributed by atoms with E-state index in [-0.39, 0.29) is 49.2 Å². The van der Waals surface area contributed by atoms with Gasteiger partial charge in [-0.3, -0.25) is 0 Å². The zero-order valence-electron chi connectivity index (χ0n) is 29.7. The van der Waals surface area contributed by atoms with Crippen LogP contribution in [-0.2, 0) is 64.3 Å². The van der Waals surface area contributed by atoms with Gasteiger partial charge in [-0.15, -0.1) is 23.0 Å². The predicted octanol–water partition coefficient (Wildman–Crippen LogP) is 2.37. The van der Waals surface area contributed by atoms with Gasteiger partial charge in [0.25, 0.3) is 0 Å². The summed E-state index contributed by atoms with van der Waals surface area (Å²) in [6, 6.07) is 0. The Hall–Kier alpha value is -3.08. The Morgan fingerprint density at radius 1 is 0.378 bits per heavy atom. The zero-order valence-corrected chi connectivity index (χ0v) is 32.2. The summed E-state index contributed by atoms with van der Waals surface area (Å²) in [7, 11) is 0. The maximum Gasteiger partial charge on any atom is 4.00 e. The van der Waals surface area contributed by atoms with Gasteiger partial charge in [0.1, 0.15) is 22.4 Å². The summed E-state index contributed by atoms with van der Waals surface area (Å²) in [5, 5.41) is 41.5. The van der Waals surface area contributed by atoms with Gasteiger partial charge in [0.05, 0.1) is 0 Å². The summed E-state index contributed by atoms with van der Waals surface area (Å²) < 4.78 is 19.3. The van der Waals surface area contributed by atoms with Crippen molar-refractivity contribution in [2.45, 2.75) is 133 Å². The second kappa shape index (κ2) is 23.3. The summed E-state index contributed by atoms with van der Waals surface area (Å²) in [6.07, 6.45) is 3.74. The van der Waals surface area contributed by atoms with E-state index in [0.717, 1.165) is 24.3 Å². The monoisotopic (exact) mass is 718 g/mol. The van der Waals surface area contributed by atoms with E-state index < -0.39 is 46.3 Å². The van der Waals surface area contributed by atoms with Gasteiger partial charge in [-0.05, 0) is 83.1 Å². The smallest absolute Gasteiger partial charge is 0.875 e. The van der Waals surface area contributed by atoms with E-state index in [1.165, 1.54) is 27.7 Å². The minimum absolute atomic E-state index is 0. The number of esters is 4. The fraction of sp³-hybridized carbons (Fsp3) is 0.625. The van der Waals surface area contributed by atoms with Crippen molar-refractivity contribution in [1.82, 2.24) is 0 Å². The third kappa shape index (κ3) is 57.2. The van der Waals surface area contributed by atoms with E-state index in [1.807, 2.05) is 0 Å². The number of hydrogen-bond acceptors (Lipinski definition) is 12. The van der Waals surface area contributed by atoms with Crippen LogP contribution in [0.25, 0.3) is 0 Å². The molecular formula is C32H52O12Zr. The van der Waals surface area contributed by atoms with Crippen molar-refractivity contribution in [3.8, 4) is 0 Å². The molecule has 0 atom stereocenters. The molecule has 0 saturated carbocycles. The van der Waals surface area contributed by atoms with Crippen molar-refractivity contribution in [2.75, 3.05) is 0 Å². The van der Waals surface area contributed by atoms with E-state index in [4.69, 9.17) is 18.9 Å². The summed E-state index contributed by atoms with van der Waals surface area (Å²) in [5.74, 6) is -3.48. The molecule has 0 saturated heterocycles. The topological polar surface area (TPSA) is 197 Å². The maximum absolute atomic E-state index is 10.8. The molecule has 0 rings (SSSR count). The van der Waals surface area contributed by atoms with Gasteiger partial charge >= 0.3 is 50.1 Å². The maximum atomic E-state index is 10.8. The van der Waals surface area contributed by atoms with Crippen LogP contribution in [0.5, 0.6) is 0 Å². The van der Waals surface area contributed by atoms with E-state index in [9.17, 15) is 39.6 Å². The molecule has 13 heteroatoms. The number of rotatable bonds is 4. The predicted molar refractivity (Wildman–Crippen MR) is 158 cm³/mol. The van der Waals surface area contributed by atoms with Crippen LogP contribution in [0.1, 0.15) is 111 Å². The van der Waals surface area contributed by atoms with Crippen LogP contribution in [-0.4, -0.2) is 46.3 Å². The van der Waals surface area contributed by atoms with Crippen molar-refractivity contribution in [1.29, 1.82) is 0 Å². The van der Waals surface area contributed by atoms with E-state index in [1.54, 1.807) is 83.1 Å². The minimum atomic E-state index is -0.579. The Morgan fingerprint density at radius 2 is 0.489 bits per heavy atom. The van der Waals surface area contributed by atoms with Crippen LogP contribution in [0.4, 0.5) is 0 Å². The standard InChI is InChI=1S/4C8H14O3.Zr/c4*1-6(9)5-7(10)11-8(2,3)4;/h4*5,9H,1-4H3;/q;;;;+4/p-4/b4*6-5-;. The molecule has 0 spiro atoms. The first-order valence-corrected chi connectivity index (χ1v) is 13.6. The first kappa shape index (κ1) is 51.5. The SMILES string of the molecule is C/C([O-])=C/C(=O)OC(C)(C)C.C/C([O-])=C/C(=O)OC(C)(C)C.C/C([O-])=C/C(=O)OC(C)(C)C.C/C([O-])=C/C(=O)OC(C)(C)C.[Zr+4]. The van der Waals surface area contributed by atoms with Gasteiger partial charge in [-0.1, -0.05) is 27.7 Å². The Bertz CT molecular complexity index is 856. The van der Waals surface area contributed by atoms with Crippen molar-refractivity contribution < 1.29 is 84.8 Å². The van der Waals surface area contributed by atoms with Gasteiger partial charge in [0.15, 0.2) is 0 Å². The van der Waals surface area contributed by atoms with Crippen molar-refractivity contribution in [3.05, 3.63) is 47.3 Å². The van der Waals surface area contributed by atoms with Crippen molar-refractivity contribution in [2.24, 2.45) is 0 Å². The summed E-state index contributed by atoms with van der Waals surface area (Å²) >= 11 is 0. The Morgan fingerprint density at radius 3 is 0.556 bits per heavy atom. The molecular weight excluding hydrogens is 668 g/mol. The largest absolute Gasteiger partial charge is 4.00 e. The van der Waals surface area contributed by atoms with Gasteiger partial charge in [0.2, 0.25) is 0 Å². The van der Waals surface area contributed by atoms with Crippen LogP contribution in [0.3, 0.4) is 0 Å². The van der Waals surface area contributed by atoms with Crippen LogP contribution in [0.2, 0.25) is 0 Å². The van der Waals surface area contributed by atoms with Crippen molar-refractivity contribution in [3.63, 3.8) is 0 Å². The van der Waals surface area contributed by atoms with Crippen LogP contribution in [0, 0.1) is 0 Å². The van der Waals surface area contributed by atoms with E-state index in [2.05, 4.69) is 0 Å². The molecule has 256 valence electrons. The van der Waals surface area contributed by atoms with Gasteiger partial charge < -0.3 is 39.4 Å². The van der Waals surface area contributed by atoms with Gasteiger partial charge in [-0.2, -0.15) is 0 Å². The molecule has 0 amide bonds. The third-order valence-corrected chi connectivity index (χ3v) is 2.91. The van der Waals surface area contributed by atoms with Crippen molar-refractivity contribution >= 4 is 23.9 Å². The number of ether oxygens (including phenoxy) is 4. The Balaban J connectivity index is -0.000000157. The summed E-state index contributed by atoms with van der Waals surface area (Å²) in [5.41, 5.74) is -2.10. The molecule has 0 heterocycles. The molecule has 0 aliphatic rings. The van der Waals surface area contributed by atoms with E-state index in [0.29, 0.717) is 0 Å². The number of carbonyl (C=O) groups is 4. The second-order valence-corrected chi connectivity index (χ2v) is 13.2. The molecule has 0 aromatic heterocycles. The number of carbonyl (C=O) groups excluding carboxylic acids is 4. The van der Waals surface area contributed by atoms with Gasteiger partial charge in [-0.25, -0.2) is 19.2 Å². The second-order valence-electron chi connectivity index (χ2n) is 13.2. The zero-order chi connectivity index (χ0) is 36.3. The first-order valence-electron chi connectivity index (χ1n) is 13.6. The van der Waals surface area contributed by atoms with E-state index >= 15 is 0 Å². The summed E-state index contributed by atoms with van der Waals surface area (Å²) in [4.78, 5) is 43.1. The first-order chi connectivity index (χ1) is 19.2.